The molecule has 80 heavy (non-hydrogen) atoms. The zero-order valence-electron chi connectivity index (χ0n) is 50.0. The van der Waals surface area contributed by atoms with Gasteiger partial charge in [0.25, 0.3) is 0 Å². The van der Waals surface area contributed by atoms with Crippen LogP contribution in [0, 0.1) is 0 Å². The number of hydrogen-bond donors (Lipinski definition) is 0. The molecule has 2 aliphatic heterocycles. The molecule has 0 amide bonds. The van der Waals surface area contributed by atoms with Gasteiger partial charge in [-0.25, -0.2) is 0 Å². The fourth-order valence-electron chi connectivity index (χ4n) is 13.4. The molecule has 1 unspecified atom stereocenters. The third-order valence-electron chi connectivity index (χ3n) is 18.9. The molecule has 9 aromatic carbocycles. The standard InChI is InChI=1S/C77H80BN2/c1-72(2,3)56-35-39-65(60(44-56)52-28-24-27-51(43-52)50-25-18-15-19-26-50)80-67-49-64-63(74(7,8)41-42-75(64,9)10)48-62(67)70-61-45-57(77(13,14)54-31-22-17-23-32-54)36-40-66(61)79(68-46-58(73(4,5)6)47-69(80)71(68)78-70)59-37-33-55(34-38-59)76(11,12)53-29-20-16-21-30-53/h15-40,43-49,70H,41-42H2,1-14H3. The van der Waals surface area contributed by atoms with Crippen LogP contribution in [0.3, 0.4) is 0 Å². The predicted octanol–water partition coefficient (Wildman–Crippen LogP) is 20.3. The number of fused-ring (bicyclic) bond motifs is 6. The summed E-state index contributed by atoms with van der Waals surface area (Å²) in [6, 6.07) is 77.0. The van der Waals surface area contributed by atoms with Crippen LogP contribution in [0.25, 0.3) is 22.3 Å². The molecule has 0 N–H and O–H groups in total. The zero-order chi connectivity index (χ0) is 56.3. The molecule has 0 fully saturated rings. The van der Waals surface area contributed by atoms with Crippen LogP contribution in [0.2, 0.25) is 0 Å². The first-order chi connectivity index (χ1) is 37.9. The van der Waals surface area contributed by atoms with Crippen LogP contribution in [-0.4, -0.2) is 7.28 Å². The number of anilines is 6. The highest BCUT2D eigenvalue weighted by Crippen LogP contribution is 2.57. The van der Waals surface area contributed by atoms with Gasteiger partial charge in [-0.1, -0.05) is 243 Å². The smallest absolute Gasteiger partial charge is 0.172 e. The highest BCUT2D eigenvalue weighted by Gasteiger charge is 2.44. The van der Waals surface area contributed by atoms with Gasteiger partial charge in [-0.3, -0.25) is 0 Å². The minimum absolute atomic E-state index is 0.0160. The first-order valence-corrected chi connectivity index (χ1v) is 29.4. The first-order valence-electron chi connectivity index (χ1n) is 29.4. The SMILES string of the molecule is CC(C)(C)c1ccc(N2c3cc4c(cc3C3[B]c5c(cc(C(C)(C)C)cc52)N(c2ccc(C(C)(C)c5ccccc5)cc2)c2ccc(C(C)(C)c5ccccc5)cc23)C(C)(C)CCC4(C)C)c(-c2cccc(-c3ccccc3)c2)c1. The molecule has 1 atom stereocenters. The quantitative estimate of drug-likeness (QED) is 0.140. The van der Waals surface area contributed by atoms with Crippen LogP contribution in [-0.2, 0) is 32.5 Å². The van der Waals surface area contributed by atoms with Crippen LogP contribution in [0.5, 0.6) is 0 Å². The van der Waals surface area contributed by atoms with E-state index in [0.29, 0.717) is 0 Å². The molecule has 9 aromatic rings. The van der Waals surface area contributed by atoms with E-state index in [2.05, 4.69) is 314 Å². The third kappa shape index (κ3) is 9.14. The highest BCUT2D eigenvalue weighted by atomic mass is 15.2. The van der Waals surface area contributed by atoms with E-state index < -0.39 is 0 Å². The molecule has 3 aliphatic rings. The van der Waals surface area contributed by atoms with E-state index in [1.807, 2.05) is 0 Å². The summed E-state index contributed by atoms with van der Waals surface area (Å²) < 4.78 is 0. The average molecular weight is 1040 g/mol. The molecule has 1 radical (unpaired) electrons. The second-order valence-electron chi connectivity index (χ2n) is 27.9. The maximum atomic E-state index is 2.72. The average Bonchev–Trinajstić information content (AvgIpc) is 3.71. The number of nitrogens with zero attached hydrogens (tertiary/aromatic N) is 2. The van der Waals surface area contributed by atoms with Gasteiger partial charge in [-0.2, -0.15) is 0 Å². The third-order valence-corrected chi connectivity index (χ3v) is 18.9. The van der Waals surface area contributed by atoms with Gasteiger partial charge in [0.2, 0.25) is 0 Å². The van der Waals surface area contributed by atoms with Gasteiger partial charge in [0.1, 0.15) is 0 Å². The van der Waals surface area contributed by atoms with Crippen LogP contribution in [0.15, 0.2) is 200 Å². The lowest BCUT2D eigenvalue weighted by Gasteiger charge is -2.44. The Bertz CT molecular complexity index is 3810. The van der Waals surface area contributed by atoms with Crippen molar-refractivity contribution in [3.05, 3.63) is 256 Å². The molecular weight excluding hydrogens is 964 g/mol. The van der Waals surface area contributed by atoms with E-state index in [9.17, 15) is 0 Å². The Labute approximate surface area is 480 Å². The summed E-state index contributed by atoms with van der Waals surface area (Å²) in [6.45, 7) is 33.7. The van der Waals surface area contributed by atoms with Crippen LogP contribution < -0.4 is 15.3 Å². The number of hydrogen-bond acceptors (Lipinski definition) is 2. The Morgan fingerprint density at radius 1 is 0.362 bits per heavy atom. The molecule has 0 spiro atoms. The van der Waals surface area contributed by atoms with Crippen molar-refractivity contribution in [3.8, 4) is 22.3 Å². The topological polar surface area (TPSA) is 6.48 Å². The van der Waals surface area contributed by atoms with Crippen molar-refractivity contribution in [1.29, 1.82) is 0 Å². The van der Waals surface area contributed by atoms with E-state index in [0.717, 1.165) is 18.5 Å². The first kappa shape index (κ1) is 53.3. The van der Waals surface area contributed by atoms with E-state index in [4.69, 9.17) is 0 Å². The molecule has 0 saturated heterocycles. The largest absolute Gasteiger partial charge is 0.311 e. The van der Waals surface area contributed by atoms with Crippen LogP contribution in [0.1, 0.15) is 171 Å². The number of rotatable bonds is 8. The summed E-state index contributed by atoms with van der Waals surface area (Å²) in [5, 5.41) is 0. The fraction of sp³-hybridized carbons (Fsp3) is 0.299. The summed E-state index contributed by atoms with van der Waals surface area (Å²) >= 11 is 0. The summed E-state index contributed by atoms with van der Waals surface area (Å²) in [7, 11) is 2.67. The van der Waals surface area contributed by atoms with Gasteiger partial charge in [0, 0.05) is 44.8 Å². The summed E-state index contributed by atoms with van der Waals surface area (Å²) in [4.78, 5) is 5.35. The van der Waals surface area contributed by atoms with E-state index in [1.54, 1.807) is 0 Å². The summed E-state index contributed by atoms with van der Waals surface area (Å²) in [5.74, 6) is -0.0966. The molecule has 1 aliphatic carbocycles. The fourth-order valence-corrected chi connectivity index (χ4v) is 13.4. The lowest BCUT2D eigenvalue weighted by Crippen LogP contribution is -2.34. The monoisotopic (exact) mass is 1040 g/mol. The normalized spacial score (nSPS) is 16.4. The molecule has 2 heterocycles. The van der Waals surface area contributed by atoms with E-state index >= 15 is 0 Å². The Hall–Kier alpha value is -7.36. The van der Waals surface area contributed by atoms with Gasteiger partial charge in [-0.15, -0.1) is 0 Å². The maximum absolute atomic E-state index is 2.72. The van der Waals surface area contributed by atoms with Crippen molar-refractivity contribution in [1.82, 2.24) is 0 Å². The van der Waals surface area contributed by atoms with E-state index in [1.165, 1.54) is 112 Å². The predicted molar refractivity (Wildman–Crippen MR) is 344 cm³/mol. The highest BCUT2D eigenvalue weighted by molar-refractivity contribution is 6.61. The van der Waals surface area contributed by atoms with Crippen LogP contribution in [0.4, 0.5) is 34.1 Å². The van der Waals surface area contributed by atoms with Crippen molar-refractivity contribution < 1.29 is 0 Å². The molecule has 401 valence electrons. The van der Waals surface area contributed by atoms with Gasteiger partial charge >= 0.3 is 0 Å². The minimum Gasteiger partial charge on any atom is -0.311 e. The van der Waals surface area contributed by atoms with Crippen molar-refractivity contribution >= 4 is 46.9 Å². The Morgan fingerprint density at radius 2 is 0.838 bits per heavy atom. The van der Waals surface area contributed by atoms with Crippen LogP contribution >= 0.6 is 0 Å². The van der Waals surface area contributed by atoms with Crippen molar-refractivity contribution in [2.75, 3.05) is 9.80 Å². The van der Waals surface area contributed by atoms with Gasteiger partial charge in [0.05, 0.1) is 5.69 Å². The second kappa shape index (κ2) is 19.1. The van der Waals surface area contributed by atoms with Gasteiger partial charge < -0.3 is 9.80 Å². The van der Waals surface area contributed by atoms with Crippen molar-refractivity contribution in [2.24, 2.45) is 0 Å². The molecular formula is C77H80BN2. The van der Waals surface area contributed by atoms with Crippen molar-refractivity contribution in [3.63, 3.8) is 0 Å². The Morgan fingerprint density at radius 3 is 1.44 bits per heavy atom. The summed E-state index contributed by atoms with van der Waals surface area (Å²) in [6.07, 6.45) is 2.27. The van der Waals surface area contributed by atoms with E-state index in [-0.39, 0.29) is 38.3 Å². The second-order valence-corrected chi connectivity index (χ2v) is 27.9. The Kier molecular flexibility index (Phi) is 12.8. The minimum atomic E-state index is -0.269. The lowest BCUT2D eigenvalue weighted by atomic mass is 9.53. The molecule has 3 heteroatoms. The van der Waals surface area contributed by atoms with Gasteiger partial charge in [0.15, 0.2) is 7.28 Å². The molecule has 0 aromatic heterocycles. The zero-order valence-corrected chi connectivity index (χ0v) is 50.0. The van der Waals surface area contributed by atoms with Gasteiger partial charge in [-0.05, 0) is 173 Å². The molecule has 0 saturated carbocycles. The van der Waals surface area contributed by atoms with Crippen molar-refractivity contribution in [2.45, 2.75) is 148 Å². The lowest BCUT2D eigenvalue weighted by molar-refractivity contribution is 0.331. The number of benzene rings is 9. The molecule has 12 rings (SSSR count). The Balaban J connectivity index is 1.21. The summed E-state index contributed by atoms with van der Waals surface area (Å²) in [5.41, 5.74) is 25.9. The molecule has 2 nitrogen and oxygen atoms in total. The molecule has 2 bridgehead atoms. The maximum Gasteiger partial charge on any atom is 0.172 e.